The molecule has 2 aliphatic carbocycles. The molecule has 23 heavy (non-hydrogen) atoms. The summed E-state index contributed by atoms with van der Waals surface area (Å²) in [6.45, 7) is 3.72. The van der Waals surface area contributed by atoms with Crippen LogP contribution in [0.3, 0.4) is 0 Å². The molecule has 0 aromatic heterocycles. The fraction of sp³-hybridized carbons (Fsp3) is 0.700. The first kappa shape index (κ1) is 15.3. The highest BCUT2D eigenvalue weighted by atomic mass is 16.3. The van der Waals surface area contributed by atoms with Gasteiger partial charge in [0, 0.05) is 25.6 Å². The van der Waals surface area contributed by atoms with E-state index in [9.17, 15) is 5.11 Å². The van der Waals surface area contributed by atoms with Crippen molar-refractivity contribution in [3.63, 3.8) is 0 Å². The Balaban J connectivity index is 1.94. The van der Waals surface area contributed by atoms with E-state index in [1.165, 1.54) is 49.8 Å². The molecule has 3 nitrogen and oxygen atoms in total. The van der Waals surface area contributed by atoms with Crippen molar-refractivity contribution in [3.8, 4) is 5.75 Å². The van der Waals surface area contributed by atoms with Gasteiger partial charge in [0.05, 0.1) is 5.69 Å². The van der Waals surface area contributed by atoms with Crippen molar-refractivity contribution in [1.82, 2.24) is 4.90 Å². The molecule has 1 aromatic rings. The number of phenols is 1. The normalized spacial score (nSPS) is 36.3. The molecule has 2 bridgehead atoms. The van der Waals surface area contributed by atoms with Gasteiger partial charge in [0.15, 0.2) is 0 Å². The summed E-state index contributed by atoms with van der Waals surface area (Å²) in [4.78, 5) is 4.64. The monoisotopic (exact) mass is 314 g/mol. The van der Waals surface area contributed by atoms with E-state index in [1.54, 1.807) is 0 Å². The van der Waals surface area contributed by atoms with Crippen LogP contribution in [-0.2, 0) is 11.8 Å². The first-order valence-corrected chi connectivity index (χ1v) is 9.13. The van der Waals surface area contributed by atoms with Gasteiger partial charge in [-0.05, 0) is 68.0 Å². The summed E-state index contributed by atoms with van der Waals surface area (Å²) in [6, 6.07) is 5.02. The molecule has 1 heterocycles. The molecule has 1 saturated heterocycles. The lowest BCUT2D eigenvalue weighted by molar-refractivity contribution is -0.0735. The minimum Gasteiger partial charge on any atom is -0.506 e. The van der Waals surface area contributed by atoms with Crippen molar-refractivity contribution in [2.75, 3.05) is 32.6 Å². The number of hydrogen-bond acceptors (Lipinski definition) is 3. The molecule has 2 fully saturated rings. The quantitative estimate of drug-likeness (QED) is 0.859. The van der Waals surface area contributed by atoms with E-state index < -0.39 is 0 Å². The number of likely N-dealkylation sites (tertiary alicyclic amines) is 1. The van der Waals surface area contributed by atoms with Crippen LogP contribution in [0, 0.1) is 5.41 Å². The van der Waals surface area contributed by atoms with Gasteiger partial charge < -0.3 is 14.9 Å². The molecular weight excluding hydrogens is 284 g/mol. The Hall–Kier alpha value is -1.22. The fourth-order valence-electron chi connectivity index (χ4n) is 6.11. The number of hydrogen-bond donors (Lipinski definition) is 1. The summed E-state index contributed by atoms with van der Waals surface area (Å²) in [6.07, 6.45) is 7.69. The van der Waals surface area contributed by atoms with Gasteiger partial charge in [-0.2, -0.15) is 0 Å². The molecule has 4 rings (SSSR count). The number of fused-ring (bicyclic) bond motifs is 1. The van der Waals surface area contributed by atoms with Gasteiger partial charge >= 0.3 is 0 Å². The third-order valence-corrected chi connectivity index (χ3v) is 7.41. The highest BCUT2D eigenvalue weighted by Crippen LogP contribution is 2.63. The zero-order valence-corrected chi connectivity index (χ0v) is 15.0. The Morgan fingerprint density at radius 2 is 1.91 bits per heavy atom. The van der Waals surface area contributed by atoms with Crippen LogP contribution in [0.5, 0.6) is 5.75 Å². The molecule has 3 atom stereocenters. The van der Waals surface area contributed by atoms with Crippen LogP contribution in [0.25, 0.3) is 0 Å². The summed E-state index contributed by atoms with van der Waals surface area (Å²) < 4.78 is 0. The zero-order chi connectivity index (χ0) is 16.4. The molecule has 1 N–H and O–H groups in total. The van der Waals surface area contributed by atoms with E-state index in [-0.39, 0.29) is 5.41 Å². The van der Waals surface area contributed by atoms with Crippen LogP contribution < -0.4 is 4.90 Å². The van der Waals surface area contributed by atoms with Crippen molar-refractivity contribution in [2.24, 2.45) is 5.41 Å². The van der Waals surface area contributed by atoms with Crippen LogP contribution >= 0.6 is 0 Å². The predicted molar refractivity (Wildman–Crippen MR) is 95.4 cm³/mol. The van der Waals surface area contributed by atoms with Gasteiger partial charge in [-0.1, -0.05) is 19.8 Å². The third kappa shape index (κ3) is 1.86. The molecule has 0 radical (unpaired) electrons. The number of aromatic hydroxyl groups is 1. The smallest absolute Gasteiger partial charge is 0.139 e. The maximum atomic E-state index is 10.6. The summed E-state index contributed by atoms with van der Waals surface area (Å²) in [5.74, 6) is 0.452. The van der Waals surface area contributed by atoms with Gasteiger partial charge in [0.25, 0.3) is 0 Å². The van der Waals surface area contributed by atoms with Crippen molar-refractivity contribution < 1.29 is 5.11 Å². The van der Waals surface area contributed by atoms with Crippen LogP contribution in [0.15, 0.2) is 12.1 Å². The topological polar surface area (TPSA) is 26.7 Å². The van der Waals surface area contributed by atoms with E-state index in [0.29, 0.717) is 17.2 Å². The number of phenolic OH excluding ortho intramolecular Hbond substituents is 1. The SMILES string of the molecule is CN(C)c1cc2c(cc1O)[C@]13CCCC[C@]1(C)[C@H](C2)N(C)CC3. The van der Waals surface area contributed by atoms with Crippen LogP contribution in [-0.4, -0.2) is 43.7 Å². The van der Waals surface area contributed by atoms with E-state index >= 15 is 0 Å². The number of rotatable bonds is 1. The van der Waals surface area contributed by atoms with Crippen LogP contribution in [0.4, 0.5) is 5.69 Å². The van der Waals surface area contributed by atoms with Crippen molar-refractivity contribution >= 4 is 5.69 Å². The summed E-state index contributed by atoms with van der Waals surface area (Å²) in [5.41, 5.74) is 4.53. The average Bonchev–Trinajstić information content (AvgIpc) is 2.50. The van der Waals surface area contributed by atoms with Gasteiger partial charge in [0.2, 0.25) is 0 Å². The molecule has 0 amide bonds. The minimum absolute atomic E-state index is 0.276. The Kier molecular flexibility index (Phi) is 3.26. The molecule has 3 heteroatoms. The van der Waals surface area contributed by atoms with Gasteiger partial charge in [-0.25, -0.2) is 0 Å². The van der Waals surface area contributed by atoms with Gasteiger partial charge in [0.1, 0.15) is 5.75 Å². The number of benzene rings is 1. The number of anilines is 1. The second-order valence-corrected chi connectivity index (χ2v) is 8.55. The Morgan fingerprint density at radius 3 is 2.65 bits per heavy atom. The lowest BCUT2D eigenvalue weighted by Gasteiger charge is -2.65. The van der Waals surface area contributed by atoms with Gasteiger partial charge in [-0.15, -0.1) is 0 Å². The molecule has 1 saturated carbocycles. The molecular formula is C20H30N2O. The van der Waals surface area contributed by atoms with E-state index in [0.717, 1.165) is 12.1 Å². The van der Waals surface area contributed by atoms with Crippen molar-refractivity contribution in [3.05, 3.63) is 23.3 Å². The lowest BCUT2D eigenvalue weighted by Crippen LogP contribution is -2.66. The van der Waals surface area contributed by atoms with Crippen molar-refractivity contribution in [2.45, 2.75) is 56.9 Å². The molecule has 0 unspecified atom stereocenters. The lowest BCUT2D eigenvalue weighted by atomic mass is 9.45. The van der Waals surface area contributed by atoms with E-state index in [4.69, 9.17) is 0 Å². The minimum atomic E-state index is 0.276. The van der Waals surface area contributed by atoms with E-state index in [2.05, 4.69) is 31.0 Å². The second-order valence-electron chi connectivity index (χ2n) is 8.55. The third-order valence-electron chi connectivity index (χ3n) is 7.41. The largest absolute Gasteiger partial charge is 0.506 e. The highest BCUT2D eigenvalue weighted by Gasteiger charge is 2.60. The van der Waals surface area contributed by atoms with Crippen LogP contribution in [0.1, 0.15) is 50.2 Å². The zero-order valence-electron chi connectivity index (χ0n) is 15.0. The Bertz CT molecular complexity index is 641. The summed E-state index contributed by atoms with van der Waals surface area (Å²) in [7, 11) is 6.34. The standard InChI is InChI=1S/C20H30N2O/c1-19-7-5-6-8-20(19)9-10-22(4)18(19)12-14-11-16(21(2)3)17(23)13-15(14)20/h11,13,18,23H,5-10,12H2,1-4H3/t18-,19+,20+/m0/s1. The maximum absolute atomic E-state index is 10.6. The Labute approximate surface area is 140 Å². The number of nitrogens with zero attached hydrogens (tertiary/aromatic N) is 2. The predicted octanol–water partition coefficient (Wildman–Crippen LogP) is 3.54. The molecule has 1 aromatic carbocycles. The number of piperidine rings is 1. The van der Waals surface area contributed by atoms with Gasteiger partial charge in [-0.3, -0.25) is 0 Å². The first-order valence-electron chi connectivity index (χ1n) is 9.13. The van der Waals surface area contributed by atoms with Crippen LogP contribution in [0.2, 0.25) is 0 Å². The second kappa shape index (κ2) is 4.89. The average molecular weight is 314 g/mol. The summed E-state index contributed by atoms with van der Waals surface area (Å²) in [5, 5.41) is 10.6. The van der Waals surface area contributed by atoms with E-state index in [1.807, 2.05) is 19.0 Å². The Morgan fingerprint density at radius 1 is 1.17 bits per heavy atom. The van der Waals surface area contributed by atoms with Crippen molar-refractivity contribution in [1.29, 1.82) is 0 Å². The maximum Gasteiger partial charge on any atom is 0.139 e. The fourth-order valence-corrected chi connectivity index (χ4v) is 6.11. The first-order chi connectivity index (χ1) is 10.9. The molecule has 3 aliphatic rings. The molecule has 0 spiro atoms. The highest BCUT2D eigenvalue weighted by molar-refractivity contribution is 5.63. The number of likely N-dealkylation sites (N-methyl/N-ethyl adjacent to an activating group) is 1. The molecule has 126 valence electrons. The summed E-state index contributed by atoms with van der Waals surface area (Å²) >= 11 is 0. The molecule has 1 aliphatic heterocycles.